The number of hydrogen-bond donors (Lipinski definition) is 0. The molecule has 0 saturated carbocycles. The summed E-state index contributed by atoms with van der Waals surface area (Å²) in [6.07, 6.45) is 3.68. The maximum Gasteiger partial charge on any atom is 0.245 e. The zero-order chi connectivity index (χ0) is 9.19. The third-order valence-corrected chi connectivity index (χ3v) is 2.90. The molecule has 12 heavy (non-hydrogen) atoms. The molecule has 1 aliphatic heterocycles. The van der Waals surface area contributed by atoms with Crippen LogP contribution in [-0.2, 0) is 4.79 Å². The first-order valence-electron chi connectivity index (χ1n) is 4.52. The van der Waals surface area contributed by atoms with Gasteiger partial charge in [-0.15, -0.1) is 0 Å². The van der Waals surface area contributed by atoms with E-state index in [1.54, 1.807) is 0 Å². The Bertz CT molecular complexity index is 200. The summed E-state index contributed by atoms with van der Waals surface area (Å²) in [5, 5.41) is 0. The number of carbonyl (C=O) groups is 1. The largest absolute Gasteiger partial charge is 0.339 e. The summed E-state index contributed by atoms with van der Waals surface area (Å²) in [5.74, 6) is 0.0761. The highest BCUT2D eigenvalue weighted by Crippen LogP contribution is 2.32. The quantitative estimate of drug-likeness (QED) is 0.574. The summed E-state index contributed by atoms with van der Waals surface area (Å²) in [4.78, 5) is 13.1. The monoisotopic (exact) mass is 167 g/mol. The van der Waals surface area contributed by atoms with Crippen LogP contribution in [0.4, 0.5) is 0 Å². The van der Waals surface area contributed by atoms with Gasteiger partial charge in [-0.2, -0.15) is 0 Å². The molecule has 2 nitrogen and oxygen atoms in total. The van der Waals surface area contributed by atoms with Crippen molar-refractivity contribution in [3.8, 4) is 0 Å². The van der Waals surface area contributed by atoms with Crippen LogP contribution in [0.2, 0.25) is 0 Å². The van der Waals surface area contributed by atoms with Crippen LogP contribution in [-0.4, -0.2) is 23.9 Å². The highest BCUT2D eigenvalue weighted by Gasteiger charge is 2.33. The molecule has 1 heterocycles. The van der Waals surface area contributed by atoms with Crippen LogP contribution < -0.4 is 0 Å². The summed E-state index contributed by atoms with van der Waals surface area (Å²) < 4.78 is 0. The van der Waals surface area contributed by atoms with E-state index in [4.69, 9.17) is 0 Å². The zero-order valence-corrected chi connectivity index (χ0v) is 7.97. The molecule has 0 bridgehead atoms. The van der Waals surface area contributed by atoms with Crippen molar-refractivity contribution >= 4 is 5.91 Å². The van der Waals surface area contributed by atoms with Gasteiger partial charge in [-0.05, 0) is 24.3 Å². The molecule has 0 N–H and O–H groups in total. The van der Waals surface area contributed by atoms with Gasteiger partial charge in [0, 0.05) is 13.1 Å². The van der Waals surface area contributed by atoms with Gasteiger partial charge in [0.15, 0.2) is 0 Å². The Hall–Kier alpha value is -0.790. The average Bonchev–Trinajstić information content (AvgIpc) is 2.48. The van der Waals surface area contributed by atoms with Crippen LogP contribution in [0.25, 0.3) is 0 Å². The molecule has 1 unspecified atom stereocenters. The van der Waals surface area contributed by atoms with Gasteiger partial charge < -0.3 is 4.90 Å². The van der Waals surface area contributed by atoms with Gasteiger partial charge in [-0.1, -0.05) is 20.4 Å². The fourth-order valence-electron chi connectivity index (χ4n) is 1.63. The van der Waals surface area contributed by atoms with Crippen LogP contribution in [0.5, 0.6) is 0 Å². The molecule has 0 aromatic carbocycles. The van der Waals surface area contributed by atoms with Crippen LogP contribution in [0.3, 0.4) is 0 Å². The van der Waals surface area contributed by atoms with Crippen molar-refractivity contribution in [2.24, 2.45) is 5.41 Å². The van der Waals surface area contributed by atoms with Crippen LogP contribution in [0.1, 0.15) is 26.7 Å². The van der Waals surface area contributed by atoms with E-state index in [2.05, 4.69) is 20.4 Å². The number of carbonyl (C=O) groups excluding carboxylic acids is 1. The van der Waals surface area contributed by atoms with E-state index in [9.17, 15) is 4.79 Å². The van der Waals surface area contributed by atoms with Crippen molar-refractivity contribution in [2.75, 3.05) is 13.1 Å². The third kappa shape index (κ3) is 1.68. The van der Waals surface area contributed by atoms with Gasteiger partial charge >= 0.3 is 0 Å². The Labute approximate surface area is 74.2 Å². The van der Waals surface area contributed by atoms with Crippen molar-refractivity contribution < 1.29 is 4.79 Å². The third-order valence-electron chi connectivity index (χ3n) is 2.90. The molecule has 1 fully saturated rings. The number of hydrogen-bond acceptors (Lipinski definition) is 1. The number of nitrogens with zero attached hydrogens (tertiary/aromatic N) is 1. The Balaban J connectivity index is 2.56. The molecule has 2 heteroatoms. The standard InChI is InChI=1S/C10H17NO/c1-4-9(12)11-7-6-10(3,5-2)8-11/h4H,1,5-8H2,2-3H3. The second kappa shape index (κ2) is 3.30. The molecule has 0 radical (unpaired) electrons. The van der Waals surface area contributed by atoms with Crippen LogP contribution in [0.15, 0.2) is 12.7 Å². The van der Waals surface area contributed by atoms with E-state index in [1.807, 2.05) is 4.90 Å². The first-order chi connectivity index (χ1) is 5.61. The summed E-state index contributed by atoms with van der Waals surface area (Å²) in [6.45, 7) is 9.70. The first kappa shape index (κ1) is 9.30. The van der Waals surface area contributed by atoms with E-state index < -0.39 is 0 Å². The van der Waals surface area contributed by atoms with E-state index in [0.29, 0.717) is 5.41 Å². The molecular formula is C10H17NO. The van der Waals surface area contributed by atoms with Crippen molar-refractivity contribution in [2.45, 2.75) is 26.7 Å². The Morgan fingerprint density at radius 2 is 2.42 bits per heavy atom. The maximum atomic E-state index is 11.2. The minimum atomic E-state index is 0.0761. The van der Waals surface area contributed by atoms with Gasteiger partial charge in [0.05, 0.1) is 0 Å². The number of likely N-dealkylation sites (tertiary alicyclic amines) is 1. The highest BCUT2D eigenvalue weighted by atomic mass is 16.2. The molecule has 1 aliphatic rings. The fraction of sp³-hybridized carbons (Fsp3) is 0.700. The van der Waals surface area contributed by atoms with E-state index in [1.165, 1.54) is 6.08 Å². The fourth-order valence-corrected chi connectivity index (χ4v) is 1.63. The van der Waals surface area contributed by atoms with Gasteiger partial charge in [-0.3, -0.25) is 4.79 Å². The van der Waals surface area contributed by atoms with Gasteiger partial charge in [-0.25, -0.2) is 0 Å². The SMILES string of the molecule is C=CC(=O)N1CCC(C)(CC)C1. The molecule has 0 spiro atoms. The molecule has 1 saturated heterocycles. The van der Waals surface area contributed by atoms with Crippen LogP contribution >= 0.6 is 0 Å². The second-order valence-corrected chi connectivity index (χ2v) is 3.88. The lowest BCUT2D eigenvalue weighted by Crippen LogP contribution is -2.29. The van der Waals surface area contributed by atoms with Crippen molar-refractivity contribution in [3.05, 3.63) is 12.7 Å². The molecule has 68 valence electrons. The lowest BCUT2D eigenvalue weighted by molar-refractivity contribution is -0.125. The van der Waals surface area contributed by atoms with E-state index in [0.717, 1.165) is 25.9 Å². The molecule has 1 atom stereocenters. The minimum absolute atomic E-state index is 0.0761. The lowest BCUT2D eigenvalue weighted by atomic mass is 9.87. The van der Waals surface area contributed by atoms with E-state index in [-0.39, 0.29) is 5.91 Å². The topological polar surface area (TPSA) is 20.3 Å². The predicted molar refractivity (Wildman–Crippen MR) is 49.8 cm³/mol. The van der Waals surface area contributed by atoms with Crippen molar-refractivity contribution in [1.82, 2.24) is 4.90 Å². The molecule has 0 aromatic heterocycles. The number of rotatable bonds is 2. The normalized spacial score (nSPS) is 29.0. The summed E-state index contributed by atoms with van der Waals surface area (Å²) in [5.41, 5.74) is 0.346. The smallest absolute Gasteiger partial charge is 0.245 e. The van der Waals surface area contributed by atoms with Crippen molar-refractivity contribution in [1.29, 1.82) is 0 Å². The van der Waals surface area contributed by atoms with Gasteiger partial charge in [0.2, 0.25) is 5.91 Å². The number of amides is 1. The molecule has 1 rings (SSSR count). The molecular weight excluding hydrogens is 150 g/mol. The molecule has 0 aliphatic carbocycles. The second-order valence-electron chi connectivity index (χ2n) is 3.88. The summed E-state index contributed by atoms with van der Waals surface area (Å²) >= 11 is 0. The minimum Gasteiger partial charge on any atom is -0.339 e. The highest BCUT2D eigenvalue weighted by molar-refractivity contribution is 5.87. The van der Waals surface area contributed by atoms with E-state index >= 15 is 0 Å². The van der Waals surface area contributed by atoms with Crippen molar-refractivity contribution in [3.63, 3.8) is 0 Å². The van der Waals surface area contributed by atoms with Gasteiger partial charge in [0.25, 0.3) is 0 Å². The Morgan fingerprint density at radius 3 is 2.83 bits per heavy atom. The predicted octanol–water partition coefficient (Wildman–Crippen LogP) is 1.82. The lowest BCUT2D eigenvalue weighted by Gasteiger charge is -2.21. The first-order valence-corrected chi connectivity index (χ1v) is 4.52. The maximum absolute atomic E-state index is 11.2. The Morgan fingerprint density at radius 1 is 1.75 bits per heavy atom. The average molecular weight is 167 g/mol. The van der Waals surface area contributed by atoms with Gasteiger partial charge in [0.1, 0.15) is 0 Å². The zero-order valence-electron chi connectivity index (χ0n) is 7.97. The summed E-state index contributed by atoms with van der Waals surface area (Å²) in [7, 11) is 0. The summed E-state index contributed by atoms with van der Waals surface area (Å²) in [6, 6.07) is 0. The van der Waals surface area contributed by atoms with Crippen LogP contribution in [0, 0.1) is 5.41 Å². The Kier molecular flexibility index (Phi) is 2.55. The molecule has 0 aromatic rings. The molecule has 1 amide bonds.